The zero-order valence-electron chi connectivity index (χ0n) is 9.86. The normalized spacial score (nSPS) is 60.9. The summed E-state index contributed by atoms with van der Waals surface area (Å²) in [6, 6.07) is 0. The van der Waals surface area contributed by atoms with Gasteiger partial charge in [-0.15, -0.1) is 0 Å². The van der Waals surface area contributed by atoms with Crippen LogP contribution in [0.5, 0.6) is 0 Å². The molecule has 0 amide bonds. The first kappa shape index (κ1) is 9.67. The molecule has 2 unspecified atom stereocenters. The van der Waals surface area contributed by atoms with Crippen LogP contribution in [0, 0.1) is 29.1 Å². The van der Waals surface area contributed by atoms with Crippen LogP contribution in [0.15, 0.2) is 12.2 Å². The van der Waals surface area contributed by atoms with E-state index in [2.05, 4.69) is 12.2 Å². The topological polar surface area (TPSA) is 29.5 Å². The van der Waals surface area contributed by atoms with Crippen molar-refractivity contribution in [1.29, 1.82) is 0 Å². The maximum absolute atomic E-state index is 10.8. The Kier molecular flexibility index (Phi) is 1.65. The van der Waals surface area contributed by atoms with Crippen molar-refractivity contribution in [3.8, 4) is 0 Å². The van der Waals surface area contributed by atoms with Gasteiger partial charge in [0.05, 0.1) is 12.2 Å². The van der Waals surface area contributed by atoms with E-state index in [-0.39, 0.29) is 5.60 Å². The van der Waals surface area contributed by atoms with Crippen molar-refractivity contribution < 1.29 is 9.84 Å². The molecule has 4 aliphatic carbocycles. The number of aliphatic hydroxyl groups is 1. The van der Waals surface area contributed by atoms with Gasteiger partial charge in [0.15, 0.2) is 0 Å². The molecule has 1 N–H and O–H groups in total. The molecular formula is C14H20O2. The zero-order chi connectivity index (χ0) is 11.0. The first-order chi connectivity index (χ1) is 7.70. The van der Waals surface area contributed by atoms with Crippen LogP contribution >= 0.6 is 0 Å². The SMILES string of the molecule is COC[C@@]12C[C@@]3(O)CC[C@H]4C=CC1C2C[C@H]43. The fourth-order valence-electron chi connectivity index (χ4n) is 5.24. The van der Waals surface area contributed by atoms with Gasteiger partial charge in [-0.3, -0.25) is 0 Å². The number of rotatable bonds is 2. The van der Waals surface area contributed by atoms with Crippen LogP contribution in [0.1, 0.15) is 25.7 Å². The number of hydrogen-bond donors (Lipinski definition) is 1. The Labute approximate surface area is 96.7 Å². The summed E-state index contributed by atoms with van der Waals surface area (Å²) in [5.74, 6) is 2.72. The average molecular weight is 220 g/mol. The van der Waals surface area contributed by atoms with E-state index < -0.39 is 0 Å². The summed E-state index contributed by atoms with van der Waals surface area (Å²) in [4.78, 5) is 0. The number of methoxy groups -OCH3 is 1. The Bertz CT molecular complexity index is 364. The van der Waals surface area contributed by atoms with Crippen molar-refractivity contribution in [2.75, 3.05) is 13.7 Å². The largest absolute Gasteiger partial charge is 0.390 e. The highest BCUT2D eigenvalue weighted by molar-refractivity contribution is 5.29. The van der Waals surface area contributed by atoms with Crippen molar-refractivity contribution in [3.05, 3.63) is 12.2 Å². The second-order valence-electron chi connectivity index (χ2n) is 6.51. The molecule has 2 heteroatoms. The van der Waals surface area contributed by atoms with Gasteiger partial charge < -0.3 is 9.84 Å². The highest BCUT2D eigenvalue weighted by Crippen LogP contribution is 2.74. The van der Waals surface area contributed by atoms with Crippen LogP contribution in [-0.2, 0) is 4.74 Å². The Morgan fingerprint density at radius 2 is 2.25 bits per heavy atom. The minimum absolute atomic E-state index is 0.297. The van der Waals surface area contributed by atoms with Crippen molar-refractivity contribution in [1.82, 2.24) is 0 Å². The van der Waals surface area contributed by atoms with Crippen LogP contribution < -0.4 is 0 Å². The fraction of sp³-hybridized carbons (Fsp3) is 0.857. The van der Waals surface area contributed by atoms with E-state index >= 15 is 0 Å². The summed E-state index contributed by atoms with van der Waals surface area (Å²) in [5.41, 5.74) is -0.0645. The lowest BCUT2D eigenvalue weighted by molar-refractivity contribution is -0.0694. The molecule has 0 aromatic heterocycles. The Hall–Kier alpha value is -0.340. The maximum Gasteiger partial charge on any atom is 0.0688 e. The van der Waals surface area contributed by atoms with Crippen LogP contribution in [0.4, 0.5) is 0 Å². The van der Waals surface area contributed by atoms with Crippen molar-refractivity contribution in [3.63, 3.8) is 0 Å². The highest BCUT2D eigenvalue weighted by atomic mass is 16.5. The summed E-state index contributed by atoms with van der Waals surface area (Å²) in [5, 5.41) is 10.8. The summed E-state index contributed by atoms with van der Waals surface area (Å²) >= 11 is 0. The molecule has 0 heterocycles. The molecule has 3 fully saturated rings. The van der Waals surface area contributed by atoms with E-state index in [9.17, 15) is 5.11 Å². The third-order valence-corrected chi connectivity index (χ3v) is 5.97. The minimum Gasteiger partial charge on any atom is -0.390 e. The lowest BCUT2D eigenvalue weighted by atomic mass is 9.69. The van der Waals surface area contributed by atoms with E-state index in [0.717, 1.165) is 25.4 Å². The summed E-state index contributed by atoms with van der Waals surface area (Å²) in [7, 11) is 1.80. The van der Waals surface area contributed by atoms with E-state index in [1.54, 1.807) is 7.11 Å². The zero-order valence-corrected chi connectivity index (χ0v) is 9.86. The molecule has 0 radical (unpaired) electrons. The molecule has 4 aliphatic rings. The molecule has 0 aliphatic heterocycles. The van der Waals surface area contributed by atoms with Gasteiger partial charge in [-0.1, -0.05) is 12.2 Å². The first-order valence-corrected chi connectivity index (χ1v) is 6.59. The molecule has 2 nitrogen and oxygen atoms in total. The smallest absolute Gasteiger partial charge is 0.0688 e. The van der Waals surface area contributed by atoms with Gasteiger partial charge in [0.1, 0.15) is 0 Å². The fourth-order valence-corrected chi connectivity index (χ4v) is 5.24. The molecule has 2 bridgehead atoms. The van der Waals surface area contributed by atoms with Gasteiger partial charge in [0, 0.05) is 12.5 Å². The minimum atomic E-state index is -0.362. The van der Waals surface area contributed by atoms with Crippen molar-refractivity contribution in [2.24, 2.45) is 29.1 Å². The van der Waals surface area contributed by atoms with Crippen molar-refractivity contribution in [2.45, 2.75) is 31.3 Å². The van der Waals surface area contributed by atoms with E-state index in [0.29, 0.717) is 23.2 Å². The highest BCUT2D eigenvalue weighted by Gasteiger charge is 2.72. The lowest BCUT2D eigenvalue weighted by Gasteiger charge is -2.40. The molecule has 0 saturated heterocycles. The van der Waals surface area contributed by atoms with Crippen LogP contribution in [-0.4, -0.2) is 24.4 Å². The first-order valence-electron chi connectivity index (χ1n) is 6.59. The molecule has 0 aromatic rings. The Morgan fingerprint density at radius 1 is 1.38 bits per heavy atom. The van der Waals surface area contributed by atoms with E-state index in [1.807, 2.05) is 0 Å². The molecule has 3 saturated carbocycles. The van der Waals surface area contributed by atoms with Gasteiger partial charge in [0.25, 0.3) is 0 Å². The average Bonchev–Trinajstić information content (AvgIpc) is 2.77. The molecule has 16 heavy (non-hydrogen) atoms. The molecule has 88 valence electrons. The second-order valence-corrected chi connectivity index (χ2v) is 6.51. The van der Waals surface area contributed by atoms with Crippen LogP contribution in [0.25, 0.3) is 0 Å². The van der Waals surface area contributed by atoms with Gasteiger partial charge in [0.2, 0.25) is 0 Å². The number of hydrogen-bond acceptors (Lipinski definition) is 2. The monoisotopic (exact) mass is 220 g/mol. The number of allylic oxidation sites excluding steroid dienone is 2. The van der Waals surface area contributed by atoms with E-state index in [4.69, 9.17) is 4.74 Å². The standard InChI is InChI=1S/C14H20O2/c1-16-8-13-7-14(15)5-4-9-2-3-10(13)12(13)6-11(9)14/h2-3,9-12,15H,4-8H2,1H3/t9-,10?,11-,12?,13+,14+/m1/s1. The van der Waals surface area contributed by atoms with Crippen LogP contribution in [0.2, 0.25) is 0 Å². The third-order valence-electron chi connectivity index (χ3n) is 5.97. The molecular weight excluding hydrogens is 200 g/mol. The molecule has 0 spiro atoms. The molecule has 4 rings (SSSR count). The molecule has 6 atom stereocenters. The Balaban J connectivity index is 1.77. The van der Waals surface area contributed by atoms with E-state index in [1.165, 1.54) is 12.8 Å². The summed E-state index contributed by atoms with van der Waals surface area (Å²) in [6.45, 7) is 0.840. The van der Waals surface area contributed by atoms with Gasteiger partial charge >= 0.3 is 0 Å². The number of ether oxygens (including phenoxy) is 1. The third kappa shape index (κ3) is 0.925. The van der Waals surface area contributed by atoms with Gasteiger partial charge in [-0.05, 0) is 49.4 Å². The summed E-state index contributed by atoms with van der Waals surface area (Å²) < 4.78 is 5.42. The van der Waals surface area contributed by atoms with Crippen LogP contribution in [0.3, 0.4) is 0 Å². The van der Waals surface area contributed by atoms with Gasteiger partial charge in [-0.2, -0.15) is 0 Å². The quantitative estimate of drug-likeness (QED) is 0.721. The summed E-state index contributed by atoms with van der Waals surface area (Å²) in [6.07, 6.45) is 9.29. The second kappa shape index (κ2) is 2.73. The predicted molar refractivity (Wildman–Crippen MR) is 60.8 cm³/mol. The van der Waals surface area contributed by atoms with Crippen molar-refractivity contribution >= 4 is 0 Å². The predicted octanol–water partition coefficient (Wildman–Crippen LogP) is 1.99. The maximum atomic E-state index is 10.8. The lowest BCUT2D eigenvalue weighted by Crippen LogP contribution is -2.43. The number of fused-ring (bicyclic) bond motifs is 1. The Morgan fingerprint density at radius 3 is 3.06 bits per heavy atom. The van der Waals surface area contributed by atoms with Gasteiger partial charge in [-0.25, -0.2) is 0 Å². The molecule has 0 aromatic carbocycles.